The van der Waals surface area contributed by atoms with Crippen LogP contribution in [0.4, 0.5) is 0 Å². The number of aromatic nitrogens is 6. The lowest BCUT2D eigenvalue weighted by atomic mass is 10.1. The zero-order valence-corrected chi connectivity index (χ0v) is 12.8. The molecule has 0 atom stereocenters. The van der Waals surface area contributed by atoms with E-state index in [1.165, 1.54) is 0 Å². The van der Waals surface area contributed by atoms with Gasteiger partial charge in [-0.2, -0.15) is 0 Å². The predicted octanol–water partition coefficient (Wildman–Crippen LogP) is 2.85. The molecule has 0 amide bonds. The second kappa shape index (κ2) is 4.76. The molecule has 5 rings (SSSR count). The summed E-state index contributed by atoms with van der Waals surface area (Å²) >= 11 is 0. The number of hydrogen-bond acceptors (Lipinski definition) is 5. The fourth-order valence-electron chi connectivity index (χ4n) is 3.00. The first-order valence-corrected chi connectivity index (χ1v) is 7.48. The van der Waals surface area contributed by atoms with Crippen LogP contribution in [0.1, 0.15) is 0 Å². The summed E-state index contributed by atoms with van der Waals surface area (Å²) in [5, 5.41) is 18.8. The third-order valence-electron chi connectivity index (χ3n) is 4.13. The molecule has 116 valence electrons. The van der Waals surface area contributed by atoms with Gasteiger partial charge in [0.05, 0.1) is 23.7 Å². The van der Waals surface area contributed by atoms with Crippen LogP contribution >= 0.6 is 0 Å². The molecule has 0 saturated heterocycles. The first kappa shape index (κ1) is 13.0. The molecule has 0 aliphatic rings. The van der Waals surface area contributed by atoms with Crippen molar-refractivity contribution in [2.24, 2.45) is 0 Å². The van der Waals surface area contributed by atoms with Crippen LogP contribution in [0.3, 0.4) is 0 Å². The minimum atomic E-state index is 0.534. The highest BCUT2D eigenvalue weighted by molar-refractivity contribution is 6.14. The Morgan fingerprint density at radius 1 is 0.958 bits per heavy atom. The fourth-order valence-corrected chi connectivity index (χ4v) is 3.00. The summed E-state index contributed by atoms with van der Waals surface area (Å²) in [6.07, 6.45) is 0. The van der Waals surface area contributed by atoms with Gasteiger partial charge in [-0.05, 0) is 30.3 Å². The summed E-state index contributed by atoms with van der Waals surface area (Å²) in [6.45, 7) is 0. The van der Waals surface area contributed by atoms with E-state index in [4.69, 9.17) is 4.74 Å². The molecule has 1 N–H and O–H groups in total. The maximum atomic E-state index is 5.23. The number of rotatable bonds is 2. The van der Waals surface area contributed by atoms with Crippen LogP contribution < -0.4 is 4.74 Å². The van der Waals surface area contributed by atoms with Gasteiger partial charge in [0.1, 0.15) is 5.75 Å². The van der Waals surface area contributed by atoms with E-state index < -0.39 is 0 Å². The fraction of sp³-hybridized carbons (Fsp3) is 0.0588. The van der Waals surface area contributed by atoms with Gasteiger partial charge in [-0.15, -0.1) is 15.3 Å². The molecule has 0 spiro atoms. The van der Waals surface area contributed by atoms with Gasteiger partial charge in [0.2, 0.25) is 5.65 Å². The third-order valence-corrected chi connectivity index (χ3v) is 4.13. The number of fused-ring (bicyclic) bond motifs is 2. The molecule has 0 radical (unpaired) electrons. The zero-order chi connectivity index (χ0) is 16.1. The average Bonchev–Trinajstić information content (AvgIpc) is 3.06. The Morgan fingerprint density at radius 2 is 1.79 bits per heavy atom. The first-order chi connectivity index (χ1) is 11.8. The number of ether oxygens (including phenoxy) is 1. The second-order valence-corrected chi connectivity index (χ2v) is 5.47. The normalized spacial score (nSPS) is 11.5. The Hall–Kier alpha value is -3.48. The van der Waals surface area contributed by atoms with Crippen LogP contribution in [0.5, 0.6) is 5.75 Å². The molecule has 0 aliphatic carbocycles. The summed E-state index contributed by atoms with van der Waals surface area (Å²) in [4.78, 5) is 3.31. The number of hydrogen-bond donors (Lipinski definition) is 1. The average molecular weight is 316 g/mol. The molecule has 2 aromatic carbocycles. The summed E-state index contributed by atoms with van der Waals surface area (Å²) in [7, 11) is 1.65. The van der Waals surface area contributed by atoms with E-state index in [0.717, 1.165) is 33.2 Å². The van der Waals surface area contributed by atoms with Gasteiger partial charge in [-0.25, -0.2) is 4.68 Å². The Bertz CT molecular complexity index is 1190. The van der Waals surface area contributed by atoms with E-state index in [-0.39, 0.29) is 0 Å². The highest BCUT2D eigenvalue weighted by Crippen LogP contribution is 2.30. The van der Waals surface area contributed by atoms with E-state index in [9.17, 15) is 0 Å². The zero-order valence-electron chi connectivity index (χ0n) is 12.8. The van der Waals surface area contributed by atoms with Crippen LogP contribution in [-0.4, -0.2) is 37.3 Å². The van der Waals surface area contributed by atoms with Crippen molar-refractivity contribution in [2.45, 2.75) is 0 Å². The topological polar surface area (TPSA) is 81.5 Å². The highest BCUT2D eigenvalue weighted by Gasteiger charge is 2.16. The number of benzene rings is 2. The van der Waals surface area contributed by atoms with Gasteiger partial charge in [-0.1, -0.05) is 23.4 Å². The number of nitrogens with zero attached hydrogens (tertiary/aromatic N) is 5. The minimum absolute atomic E-state index is 0.534. The summed E-state index contributed by atoms with van der Waals surface area (Å²) in [5.74, 6) is 0.793. The molecular weight excluding hydrogens is 304 g/mol. The number of aromatic amines is 1. The molecule has 0 unspecified atom stereocenters. The van der Waals surface area contributed by atoms with Crippen LogP contribution in [-0.2, 0) is 0 Å². The molecule has 7 heteroatoms. The van der Waals surface area contributed by atoms with Crippen molar-refractivity contribution < 1.29 is 4.74 Å². The third kappa shape index (κ3) is 1.72. The molecule has 5 aromatic rings. The summed E-state index contributed by atoms with van der Waals surface area (Å²) < 4.78 is 7.04. The maximum absolute atomic E-state index is 5.23. The SMILES string of the molecule is COc1ccc(-n2nnc3nnc4[nH]c5ccccc5c2c34)cc1. The van der Waals surface area contributed by atoms with Crippen LogP contribution in [0.15, 0.2) is 48.5 Å². The van der Waals surface area contributed by atoms with Crippen LogP contribution in [0.2, 0.25) is 0 Å². The van der Waals surface area contributed by atoms with Crippen molar-refractivity contribution in [3.05, 3.63) is 48.5 Å². The number of nitrogens with one attached hydrogen (secondary N) is 1. The molecule has 0 aliphatic heterocycles. The van der Waals surface area contributed by atoms with Gasteiger partial charge in [-0.3, -0.25) is 0 Å². The molecule has 0 saturated carbocycles. The lowest BCUT2D eigenvalue weighted by Gasteiger charge is -2.11. The van der Waals surface area contributed by atoms with Crippen LogP contribution in [0.25, 0.3) is 38.8 Å². The Morgan fingerprint density at radius 3 is 2.62 bits per heavy atom. The molecule has 7 nitrogen and oxygen atoms in total. The number of pyridine rings is 1. The molecule has 3 aromatic heterocycles. The van der Waals surface area contributed by atoms with Gasteiger partial charge in [0, 0.05) is 10.9 Å². The van der Waals surface area contributed by atoms with E-state index in [2.05, 4.69) is 31.6 Å². The maximum Gasteiger partial charge on any atom is 0.211 e. The molecule has 24 heavy (non-hydrogen) atoms. The highest BCUT2D eigenvalue weighted by atomic mass is 16.5. The van der Waals surface area contributed by atoms with E-state index in [0.29, 0.717) is 11.3 Å². The van der Waals surface area contributed by atoms with E-state index in [1.54, 1.807) is 7.11 Å². The van der Waals surface area contributed by atoms with Crippen molar-refractivity contribution >= 4 is 33.1 Å². The molecule has 0 fully saturated rings. The minimum Gasteiger partial charge on any atom is -0.497 e. The number of para-hydroxylation sites is 1. The first-order valence-electron chi connectivity index (χ1n) is 7.48. The van der Waals surface area contributed by atoms with Crippen molar-refractivity contribution in [3.8, 4) is 11.4 Å². The smallest absolute Gasteiger partial charge is 0.211 e. The Labute approximate surface area is 135 Å². The van der Waals surface area contributed by atoms with Crippen molar-refractivity contribution in [1.82, 2.24) is 30.2 Å². The number of methoxy groups -OCH3 is 1. The Kier molecular flexibility index (Phi) is 2.58. The number of H-pyrrole nitrogens is 1. The van der Waals surface area contributed by atoms with Crippen molar-refractivity contribution in [2.75, 3.05) is 7.11 Å². The van der Waals surface area contributed by atoms with Crippen LogP contribution in [0, 0.1) is 0 Å². The molecule has 3 heterocycles. The van der Waals surface area contributed by atoms with Crippen molar-refractivity contribution in [1.29, 1.82) is 0 Å². The van der Waals surface area contributed by atoms with E-state index >= 15 is 0 Å². The quantitative estimate of drug-likeness (QED) is 0.506. The van der Waals surface area contributed by atoms with Gasteiger partial charge >= 0.3 is 0 Å². The standard InChI is InChI=1S/C17H12N6O/c1-24-11-8-6-10(7-9-11)23-15-12-4-2-3-5-13(12)18-16-14(15)17(20-19-16)21-22-23/h2-9H,1H3,(H,18,19,20). The van der Waals surface area contributed by atoms with Gasteiger partial charge < -0.3 is 9.72 Å². The molecule has 0 bridgehead atoms. The largest absolute Gasteiger partial charge is 0.497 e. The second-order valence-electron chi connectivity index (χ2n) is 5.47. The Balaban J connectivity index is 1.94. The molecular formula is C17H12N6O. The van der Waals surface area contributed by atoms with E-state index in [1.807, 2.05) is 47.1 Å². The lowest BCUT2D eigenvalue weighted by molar-refractivity contribution is 0.414. The lowest BCUT2D eigenvalue weighted by Crippen LogP contribution is -2.06. The predicted molar refractivity (Wildman–Crippen MR) is 90.4 cm³/mol. The van der Waals surface area contributed by atoms with Gasteiger partial charge in [0.15, 0.2) is 5.65 Å². The summed E-state index contributed by atoms with van der Waals surface area (Å²) in [6, 6.07) is 15.7. The monoisotopic (exact) mass is 316 g/mol. The van der Waals surface area contributed by atoms with Crippen molar-refractivity contribution in [3.63, 3.8) is 0 Å². The van der Waals surface area contributed by atoms with Gasteiger partial charge in [0.25, 0.3) is 0 Å². The summed E-state index contributed by atoms with van der Waals surface area (Å²) in [5.41, 5.74) is 4.04.